The number of carbonyl (C=O) groups excluding carboxylic acids is 1. The summed E-state index contributed by atoms with van der Waals surface area (Å²) in [6.45, 7) is 3.74. The first-order valence-electron chi connectivity index (χ1n) is 5.32. The number of nitrogens with zero attached hydrogens (tertiary/aromatic N) is 3. The van der Waals surface area contributed by atoms with E-state index < -0.39 is 5.97 Å². The fraction of sp³-hybridized carbons (Fsp3) is 0.364. The lowest BCUT2D eigenvalue weighted by Crippen LogP contribution is -2.29. The zero-order chi connectivity index (χ0) is 12.4. The molecular weight excluding hydrogens is 222 g/mol. The van der Waals surface area contributed by atoms with Crippen LogP contribution >= 0.6 is 0 Å². The molecule has 17 heavy (non-hydrogen) atoms. The molecule has 0 atom stereocenters. The fourth-order valence-electron chi connectivity index (χ4n) is 1.64. The second kappa shape index (κ2) is 4.40. The van der Waals surface area contributed by atoms with Gasteiger partial charge in [0.1, 0.15) is 12.2 Å². The van der Waals surface area contributed by atoms with Crippen molar-refractivity contribution < 1.29 is 9.53 Å². The van der Waals surface area contributed by atoms with Gasteiger partial charge in [-0.1, -0.05) is 0 Å². The Bertz CT molecular complexity index is 612. The summed E-state index contributed by atoms with van der Waals surface area (Å²) in [5.41, 5.74) is 1.03. The Hall–Kier alpha value is -2.11. The van der Waals surface area contributed by atoms with E-state index in [0.29, 0.717) is 12.3 Å². The third-order valence-electron chi connectivity index (χ3n) is 2.41. The zero-order valence-electron chi connectivity index (χ0n) is 9.71. The van der Waals surface area contributed by atoms with Crippen LogP contribution in [0, 0.1) is 6.92 Å². The molecule has 0 radical (unpaired) electrons. The van der Waals surface area contributed by atoms with Crippen molar-refractivity contribution in [2.45, 2.75) is 20.4 Å². The van der Waals surface area contributed by atoms with Crippen LogP contribution in [0.4, 0.5) is 0 Å². The Morgan fingerprint density at radius 3 is 3.00 bits per heavy atom. The molecule has 2 rings (SSSR count). The van der Waals surface area contributed by atoms with Crippen LogP contribution in [-0.2, 0) is 16.1 Å². The molecule has 0 bridgehead atoms. The van der Waals surface area contributed by atoms with Gasteiger partial charge in [-0.05, 0) is 19.9 Å². The predicted molar refractivity (Wildman–Crippen MR) is 60.8 cm³/mol. The van der Waals surface area contributed by atoms with Gasteiger partial charge >= 0.3 is 11.7 Å². The Balaban J connectivity index is 2.42. The highest BCUT2D eigenvalue weighted by Gasteiger charge is 2.09. The molecule has 0 fully saturated rings. The molecule has 0 N–H and O–H groups in total. The minimum atomic E-state index is -0.424. The molecule has 6 heteroatoms. The summed E-state index contributed by atoms with van der Waals surface area (Å²) in [6.07, 6.45) is 3.16. The Labute approximate surface area is 97.5 Å². The number of aryl methyl sites for hydroxylation is 1. The standard InChI is InChI=1S/C11H13N3O3/c1-3-17-10(15)7-13-5-4-9-12-6-8(2)14(9)11(13)16/h4-6H,3,7H2,1-2H3. The highest BCUT2D eigenvalue weighted by Crippen LogP contribution is 2.00. The number of hydrogen-bond donors (Lipinski definition) is 0. The maximum atomic E-state index is 12.0. The van der Waals surface area contributed by atoms with E-state index in [-0.39, 0.29) is 12.2 Å². The van der Waals surface area contributed by atoms with Crippen molar-refractivity contribution in [3.8, 4) is 0 Å². The van der Waals surface area contributed by atoms with Crippen LogP contribution in [-0.4, -0.2) is 26.5 Å². The largest absolute Gasteiger partial charge is 0.465 e. The number of imidazole rings is 1. The maximum Gasteiger partial charge on any atom is 0.334 e. The quantitative estimate of drug-likeness (QED) is 0.721. The summed E-state index contributed by atoms with van der Waals surface area (Å²) in [6, 6.07) is 1.69. The summed E-state index contributed by atoms with van der Waals surface area (Å²) in [5, 5.41) is 0. The summed E-state index contributed by atoms with van der Waals surface area (Å²) < 4.78 is 7.56. The van der Waals surface area contributed by atoms with E-state index in [1.165, 1.54) is 8.97 Å². The lowest BCUT2D eigenvalue weighted by Gasteiger charge is -2.06. The van der Waals surface area contributed by atoms with E-state index in [1.54, 1.807) is 32.3 Å². The number of carbonyl (C=O) groups is 1. The summed E-state index contributed by atoms with van der Waals surface area (Å²) >= 11 is 0. The molecule has 2 aromatic rings. The third-order valence-corrected chi connectivity index (χ3v) is 2.41. The molecular formula is C11H13N3O3. The second-order valence-corrected chi connectivity index (χ2v) is 3.62. The van der Waals surface area contributed by atoms with Crippen LogP contribution in [0.25, 0.3) is 5.65 Å². The van der Waals surface area contributed by atoms with E-state index in [1.807, 2.05) is 0 Å². The monoisotopic (exact) mass is 235 g/mol. The molecule has 0 unspecified atom stereocenters. The van der Waals surface area contributed by atoms with E-state index in [9.17, 15) is 9.59 Å². The normalized spacial score (nSPS) is 10.7. The Morgan fingerprint density at radius 2 is 2.29 bits per heavy atom. The average Bonchev–Trinajstić information content (AvgIpc) is 2.65. The van der Waals surface area contributed by atoms with Crippen molar-refractivity contribution in [1.29, 1.82) is 0 Å². The van der Waals surface area contributed by atoms with E-state index >= 15 is 0 Å². The SMILES string of the molecule is CCOC(=O)Cn1ccc2ncc(C)n2c1=O. The number of fused-ring (bicyclic) bond motifs is 1. The van der Waals surface area contributed by atoms with Crippen molar-refractivity contribution in [3.63, 3.8) is 0 Å². The van der Waals surface area contributed by atoms with Crippen molar-refractivity contribution in [1.82, 2.24) is 14.0 Å². The first-order valence-corrected chi connectivity index (χ1v) is 5.32. The number of rotatable bonds is 3. The minimum Gasteiger partial charge on any atom is -0.465 e. The second-order valence-electron chi connectivity index (χ2n) is 3.62. The highest BCUT2D eigenvalue weighted by atomic mass is 16.5. The third kappa shape index (κ3) is 2.06. The molecule has 0 aliphatic carbocycles. The first kappa shape index (κ1) is 11.4. The molecule has 0 saturated carbocycles. The smallest absolute Gasteiger partial charge is 0.334 e. The predicted octanol–water partition coefficient (Wildman–Crippen LogP) is 0.368. The summed E-state index contributed by atoms with van der Waals surface area (Å²) in [7, 11) is 0. The molecule has 0 aromatic carbocycles. The minimum absolute atomic E-state index is 0.0831. The average molecular weight is 235 g/mol. The first-order chi connectivity index (χ1) is 8.13. The van der Waals surface area contributed by atoms with Crippen molar-refractivity contribution in [2.24, 2.45) is 0 Å². The van der Waals surface area contributed by atoms with E-state index in [0.717, 1.165) is 5.69 Å². The van der Waals surface area contributed by atoms with Gasteiger partial charge in [-0.15, -0.1) is 0 Å². The number of esters is 1. The van der Waals surface area contributed by atoms with Crippen LogP contribution in [0.1, 0.15) is 12.6 Å². The van der Waals surface area contributed by atoms with Crippen molar-refractivity contribution >= 4 is 11.6 Å². The lowest BCUT2D eigenvalue weighted by molar-refractivity contribution is -0.143. The fourth-order valence-corrected chi connectivity index (χ4v) is 1.64. The van der Waals surface area contributed by atoms with Gasteiger partial charge in [0.2, 0.25) is 0 Å². The molecule has 6 nitrogen and oxygen atoms in total. The van der Waals surface area contributed by atoms with Crippen LogP contribution in [0.5, 0.6) is 0 Å². The topological polar surface area (TPSA) is 65.6 Å². The van der Waals surface area contributed by atoms with Gasteiger partial charge < -0.3 is 4.74 Å². The lowest BCUT2D eigenvalue weighted by atomic mass is 10.5. The summed E-state index contributed by atoms with van der Waals surface area (Å²) in [4.78, 5) is 27.4. The Morgan fingerprint density at radius 1 is 1.53 bits per heavy atom. The van der Waals surface area contributed by atoms with Gasteiger partial charge in [-0.3, -0.25) is 9.36 Å². The van der Waals surface area contributed by atoms with Gasteiger partial charge in [0.25, 0.3) is 0 Å². The highest BCUT2D eigenvalue weighted by molar-refractivity contribution is 5.69. The van der Waals surface area contributed by atoms with E-state index in [4.69, 9.17) is 4.74 Å². The molecule has 0 aliphatic heterocycles. The van der Waals surface area contributed by atoms with Crippen LogP contribution < -0.4 is 5.69 Å². The summed E-state index contributed by atoms with van der Waals surface area (Å²) in [5.74, 6) is -0.424. The molecule has 0 amide bonds. The number of aromatic nitrogens is 3. The molecule has 0 spiro atoms. The van der Waals surface area contributed by atoms with Gasteiger partial charge in [-0.2, -0.15) is 0 Å². The van der Waals surface area contributed by atoms with Crippen molar-refractivity contribution in [2.75, 3.05) is 6.61 Å². The van der Waals surface area contributed by atoms with Gasteiger partial charge in [0, 0.05) is 18.1 Å². The molecule has 90 valence electrons. The Kier molecular flexibility index (Phi) is 2.95. The maximum absolute atomic E-state index is 12.0. The molecule has 2 heterocycles. The molecule has 2 aromatic heterocycles. The van der Waals surface area contributed by atoms with Crippen LogP contribution in [0.2, 0.25) is 0 Å². The zero-order valence-corrected chi connectivity index (χ0v) is 9.71. The molecule has 0 saturated heterocycles. The van der Waals surface area contributed by atoms with Crippen LogP contribution in [0.3, 0.4) is 0 Å². The van der Waals surface area contributed by atoms with Gasteiger partial charge in [0.05, 0.1) is 6.61 Å². The van der Waals surface area contributed by atoms with E-state index in [2.05, 4.69) is 4.98 Å². The van der Waals surface area contributed by atoms with Gasteiger partial charge in [0.15, 0.2) is 0 Å². The number of hydrogen-bond acceptors (Lipinski definition) is 4. The van der Waals surface area contributed by atoms with Gasteiger partial charge in [-0.25, -0.2) is 14.2 Å². The van der Waals surface area contributed by atoms with Crippen LogP contribution in [0.15, 0.2) is 23.3 Å². The van der Waals surface area contributed by atoms with Crippen molar-refractivity contribution in [3.05, 3.63) is 34.6 Å². The molecule has 0 aliphatic rings. The number of ether oxygens (including phenoxy) is 1.